The van der Waals surface area contributed by atoms with E-state index in [1.807, 2.05) is 109 Å². The van der Waals surface area contributed by atoms with Crippen LogP contribution in [-0.2, 0) is 6.56 Å². The minimum Gasteiger partial charge on any atom is -0.488 e. The third-order valence-electron chi connectivity index (χ3n) is 7.86. The smallest absolute Gasteiger partial charge is 0.164 e. The number of ether oxygens (including phenoxy) is 1. The highest BCUT2D eigenvalue weighted by Crippen LogP contribution is 2.43. The van der Waals surface area contributed by atoms with E-state index in [0.717, 1.165) is 50.1 Å². The van der Waals surface area contributed by atoms with Crippen LogP contribution >= 0.6 is 0 Å². The van der Waals surface area contributed by atoms with Crippen LogP contribution in [0.4, 0.5) is 0 Å². The number of hydrogen-bond acceptors (Lipinski definition) is 4. The summed E-state index contributed by atoms with van der Waals surface area (Å²) in [6, 6.07) is 50.0. The van der Waals surface area contributed by atoms with Gasteiger partial charge in [0.25, 0.3) is 0 Å². The summed E-state index contributed by atoms with van der Waals surface area (Å²) >= 11 is 0. The maximum atomic E-state index is 8.60. The van der Waals surface area contributed by atoms with E-state index in [2.05, 4.69) is 36.4 Å². The third-order valence-corrected chi connectivity index (χ3v) is 7.86. The van der Waals surface area contributed by atoms with Gasteiger partial charge in [-0.2, -0.15) is 0 Å². The molecule has 0 saturated heterocycles. The third kappa shape index (κ3) is 4.83. The minimum atomic E-state index is -1.94. The van der Waals surface area contributed by atoms with Gasteiger partial charge in [-0.3, -0.25) is 0 Å². The lowest BCUT2D eigenvalue weighted by molar-refractivity contribution is 0.302. The minimum absolute atomic E-state index is 0.515. The molecular weight excluding hydrogens is 538 g/mol. The molecular formula is C40H27N3O. The van der Waals surface area contributed by atoms with Crippen LogP contribution in [-0.4, -0.2) is 15.0 Å². The van der Waals surface area contributed by atoms with Gasteiger partial charge in [-0.1, -0.05) is 146 Å². The molecule has 1 aromatic heterocycles. The summed E-state index contributed by atoms with van der Waals surface area (Å²) in [6.07, 6.45) is 0. The van der Waals surface area contributed by atoms with Crippen LogP contribution in [0, 0.1) is 0 Å². The molecule has 0 atom stereocenters. The van der Waals surface area contributed by atoms with Gasteiger partial charge in [0, 0.05) is 22.3 Å². The molecule has 0 radical (unpaired) electrons. The van der Waals surface area contributed by atoms with Gasteiger partial charge in [0.1, 0.15) is 12.3 Å². The largest absolute Gasteiger partial charge is 0.488 e. The fourth-order valence-electron chi connectivity index (χ4n) is 5.63. The molecule has 0 fully saturated rings. The van der Waals surface area contributed by atoms with E-state index >= 15 is 0 Å². The first-order valence-electron chi connectivity index (χ1n) is 15.5. The first kappa shape index (κ1) is 23.7. The lowest BCUT2D eigenvalue weighted by Crippen LogP contribution is -2.06. The van der Waals surface area contributed by atoms with Crippen molar-refractivity contribution >= 4 is 0 Å². The number of nitrogens with zero attached hydrogens (tertiary/aromatic N) is 3. The van der Waals surface area contributed by atoms with E-state index < -0.39 is 6.56 Å². The SMILES string of the molecule is [2H]C1([2H])Oc2ccccc2-c2c(-c3ccc(-c4nc(-c5ccccc5)nc(-c5ccc(-c6ccccc6)cc5)n4)cc3)cccc21. The Kier molecular flexibility index (Phi) is 5.96. The molecule has 4 nitrogen and oxygen atoms in total. The van der Waals surface area contributed by atoms with Crippen LogP contribution in [0.1, 0.15) is 8.30 Å². The number of aromatic nitrogens is 3. The number of fused-ring (bicyclic) bond motifs is 3. The van der Waals surface area contributed by atoms with E-state index in [0.29, 0.717) is 28.8 Å². The predicted molar refractivity (Wildman–Crippen MR) is 177 cm³/mol. The normalized spacial score (nSPS) is 13.5. The Morgan fingerprint density at radius 2 is 0.864 bits per heavy atom. The first-order valence-corrected chi connectivity index (χ1v) is 14.5. The van der Waals surface area contributed by atoms with Gasteiger partial charge in [0.2, 0.25) is 0 Å². The molecule has 2 heterocycles. The standard InChI is InChI=1S/C40H27N3O/c1-3-10-27(11-4-1)28-18-22-31(23-19-28)39-41-38(30-12-5-2-6-13-30)42-40(43-39)32-24-20-29(21-25-32)34-16-9-14-33-26-44-36-17-8-7-15-35(36)37(33)34/h1-25H,26H2/i26D2. The van der Waals surface area contributed by atoms with Crippen molar-refractivity contribution in [1.82, 2.24) is 15.0 Å². The van der Waals surface area contributed by atoms with Crippen LogP contribution in [0.25, 0.3) is 67.5 Å². The highest BCUT2D eigenvalue weighted by atomic mass is 16.5. The molecule has 0 saturated carbocycles. The van der Waals surface area contributed by atoms with Gasteiger partial charge in [0.05, 0.1) is 2.74 Å². The van der Waals surface area contributed by atoms with Crippen molar-refractivity contribution in [2.75, 3.05) is 0 Å². The van der Waals surface area contributed by atoms with Gasteiger partial charge < -0.3 is 4.74 Å². The van der Waals surface area contributed by atoms with Crippen molar-refractivity contribution in [2.24, 2.45) is 0 Å². The fraction of sp³-hybridized carbons (Fsp3) is 0.0250. The zero-order chi connectivity index (χ0) is 31.1. The van der Waals surface area contributed by atoms with Crippen LogP contribution < -0.4 is 4.74 Å². The van der Waals surface area contributed by atoms with Crippen molar-refractivity contribution in [1.29, 1.82) is 0 Å². The van der Waals surface area contributed by atoms with Gasteiger partial charge in [-0.15, -0.1) is 0 Å². The average Bonchev–Trinajstić information content (AvgIpc) is 3.12. The molecule has 0 N–H and O–H groups in total. The molecule has 0 amide bonds. The summed E-state index contributed by atoms with van der Waals surface area (Å²) in [4.78, 5) is 14.7. The van der Waals surface area contributed by atoms with E-state index in [4.69, 9.17) is 22.4 Å². The summed E-state index contributed by atoms with van der Waals surface area (Å²) in [5.41, 5.74) is 9.08. The molecule has 0 unspecified atom stereocenters. The van der Waals surface area contributed by atoms with Crippen molar-refractivity contribution in [3.05, 3.63) is 157 Å². The number of hydrogen-bond donors (Lipinski definition) is 0. The molecule has 0 aliphatic carbocycles. The van der Waals surface area contributed by atoms with E-state index in [1.165, 1.54) is 0 Å². The highest BCUT2D eigenvalue weighted by Gasteiger charge is 2.21. The summed E-state index contributed by atoms with van der Waals surface area (Å²) in [6.45, 7) is -1.94. The van der Waals surface area contributed by atoms with Crippen LogP contribution in [0.2, 0.25) is 0 Å². The highest BCUT2D eigenvalue weighted by molar-refractivity contribution is 5.89. The van der Waals surface area contributed by atoms with Crippen molar-refractivity contribution < 1.29 is 7.48 Å². The molecule has 8 rings (SSSR count). The maximum absolute atomic E-state index is 8.60. The monoisotopic (exact) mass is 567 g/mol. The molecule has 6 aromatic carbocycles. The van der Waals surface area contributed by atoms with Gasteiger partial charge in [-0.05, 0) is 39.4 Å². The van der Waals surface area contributed by atoms with Gasteiger partial charge in [0.15, 0.2) is 17.5 Å². The van der Waals surface area contributed by atoms with Gasteiger partial charge >= 0.3 is 0 Å². The Hall–Kier alpha value is -5.87. The summed E-state index contributed by atoms with van der Waals surface area (Å²) in [5, 5.41) is 0. The zero-order valence-electron chi connectivity index (χ0n) is 25.7. The van der Waals surface area contributed by atoms with E-state index in [9.17, 15) is 0 Å². The van der Waals surface area contributed by atoms with Crippen molar-refractivity contribution in [2.45, 2.75) is 6.56 Å². The second kappa shape index (κ2) is 11.1. The lowest BCUT2D eigenvalue weighted by atomic mass is 9.89. The maximum Gasteiger partial charge on any atom is 0.164 e. The van der Waals surface area contributed by atoms with Crippen LogP contribution in [0.5, 0.6) is 5.75 Å². The average molecular weight is 568 g/mol. The number of para-hydroxylation sites is 1. The van der Waals surface area contributed by atoms with Crippen molar-refractivity contribution in [3.8, 4) is 73.3 Å². The number of rotatable bonds is 5. The van der Waals surface area contributed by atoms with Crippen LogP contribution in [0.15, 0.2) is 152 Å². The second-order valence-corrected chi connectivity index (χ2v) is 10.6. The summed E-state index contributed by atoms with van der Waals surface area (Å²) < 4.78 is 23.0. The summed E-state index contributed by atoms with van der Waals surface area (Å²) in [5.74, 6) is 2.32. The predicted octanol–water partition coefficient (Wildman–Crippen LogP) is 9.77. The molecule has 4 heteroatoms. The quantitative estimate of drug-likeness (QED) is 0.208. The summed E-state index contributed by atoms with van der Waals surface area (Å²) in [7, 11) is 0. The molecule has 1 aliphatic heterocycles. The molecule has 7 aromatic rings. The Morgan fingerprint density at radius 1 is 0.409 bits per heavy atom. The Labute approximate surface area is 259 Å². The Morgan fingerprint density at radius 3 is 1.50 bits per heavy atom. The molecule has 0 spiro atoms. The van der Waals surface area contributed by atoms with E-state index in [-0.39, 0.29) is 0 Å². The molecule has 1 aliphatic rings. The zero-order valence-corrected chi connectivity index (χ0v) is 23.7. The lowest BCUT2D eigenvalue weighted by Gasteiger charge is -2.23. The molecule has 208 valence electrons. The van der Waals surface area contributed by atoms with Gasteiger partial charge in [-0.25, -0.2) is 15.0 Å². The Balaban J connectivity index is 1.20. The van der Waals surface area contributed by atoms with Crippen LogP contribution in [0.3, 0.4) is 0 Å². The number of benzene rings is 6. The Bertz CT molecular complexity index is 2180. The van der Waals surface area contributed by atoms with Crippen molar-refractivity contribution in [3.63, 3.8) is 0 Å². The molecule has 44 heavy (non-hydrogen) atoms. The molecule has 0 bridgehead atoms. The topological polar surface area (TPSA) is 47.9 Å². The second-order valence-electron chi connectivity index (χ2n) is 10.6. The van der Waals surface area contributed by atoms with E-state index in [1.54, 1.807) is 6.07 Å². The first-order chi connectivity index (χ1) is 22.5. The fourth-order valence-corrected chi connectivity index (χ4v) is 5.63.